The number of hydrogen-bond donors (Lipinski definition) is 1. The second-order valence-corrected chi connectivity index (χ2v) is 5.88. The van der Waals surface area contributed by atoms with Crippen molar-refractivity contribution in [3.63, 3.8) is 0 Å². The number of alkyl halides is 2. The van der Waals surface area contributed by atoms with Gasteiger partial charge in [-0.3, -0.25) is 9.59 Å². The topological polar surface area (TPSA) is 75.7 Å². The van der Waals surface area contributed by atoms with E-state index in [0.29, 0.717) is 4.90 Å². The molecule has 1 saturated carbocycles. The highest BCUT2D eigenvalue weighted by atomic mass is 19.3. The number of rotatable bonds is 5. The van der Waals surface area contributed by atoms with E-state index in [9.17, 15) is 23.2 Å². The molecule has 8 heteroatoms. The summed E-state index contributed by atoms with van der Waals surface area (Å²) >= 11 is 0. The van der Waals surface area contributed by atoms with Gasteiger partial charge in [0.1, 0.15) is 0 Å². The van der Waals surface area contributed by atoms with Gasteiger partial charge in [0.2, 0.25) is 6.43 Å². The van der Waals surface area contributed by atoms with Crippen LogP contribution in [0.3, 0.4) is 0 Å². The summed E-state index contributed by atoms with van der Waals surface area (Å²) < 4.78 is 30.8. The summed E-state index contributed by atoms with van der Waals surface area (Å²) in [6.07, 6.45) is 1.04. The highest BCUT2D eigenvalue weighted by Crippen LogP contribution is 2.61. The number of hydrogen-bond acceptors (Lipinski definition) is 4. The van der Waals surface area contributed by atoms with Crippen LogP contribution in [0.25, 0.3) is 0 Å². The van der Waals surface area contributed by atoms with Crippen LogP contribution in [0.5, 0.6) is 0 Å². The van der Waals surface area contributed by atoms with E-state index < -0.39 is 47.8 Å². The zero-order valence-corrected chi connectivity index (χ0v) is 12.1. The number of imide groups is 1. The van der Waals surface area contributed by atoms with Gasteiger partial charge in [-0.1, -0.05) is 13.8 Å². The molecule has 2 rings (SSSR count). The number of carbonyl (C=O) groups is 3. The van der Waals surface area contributed by atoms with Crippen LogP contribution in [-0.2, 0) is 14.3 Å². The van der Waals surface area contributed by atoms with Gasteiger partial charge in [0.05, 0.1) is 18.9 Å². The quantitative estimate of drug-likeness (QED) is 0.466. The number of carbonyl (C=O) groups excluding carboxylic acids is 3. The molecule has 2 aliphatic rings. The first-order valence-electron chi connectivity index (χ1n) is 6.73. The Hall–Kier alpha value is -2.17. The van der Waals surface area contributed by atoms with Crippen molar-refractivity contribution in [3.8, 4) is 12.3 Å². The first-order valence-corrected chi connectivity index (χ1v) is 6.73. The van der Waals surface area contributed by atoms with Gasteiger partial charge in [0, 0.05) is 5.92 Å². The van der Waals surface area contributed by atoms with Crippen LogP contribution in [0.2, 0.25) is 0 Å². The minimum absolute atomic E-state index is 0.197. The summed E-state index contributed by atoms with van der Waals surface area (Å²) in [6, 6.07) is -0.724. The van der Waals surface area contributed by atoms with Crippen LogP contribution in [0.1, 0.15) is 20.3 Å². The second kappa shape index (κ2) is 5.55. The lowest BCUT2D eigenvalue weighted by molar-refractivity contribution is -0.161. The van der Waals surface area contributed by atoms with Gasteiger partial charge in [-0.05, 0) is 5.41 Å². The Morgan fingerprint density at radius 1 is 1.55 bits per heavy atom. The fourth-order valence-corrected chi connectivity index (χ4v) is 2.82. The molecule has 3 unspecified atom stereocenters. The summed E-state index contributed by atoms with van der Waals surface area (Å²) in [5.41, 5.74) is -0.886. The number of esters is 1. The van der Waals surface area contributed by atoms with Crippen LogP contribution in [-0.4, -0.2) is 42.0 Å². The summed E-state index contributed by atoms with van der Waals surface area (Å²) in [4.78, 5) is 36.0. The van der Waals surface area contributed by atoms with E-state index in [1.165, 1.54) is 0 Å². The molecule has 6 nitrogen and oxygen atoms in total. The highest BCUT2D eigenvalue weighted by molar-refractivity contribution is 6.02. The van der Waals surface area contributed by atoms with Gasteiger partial charge >= 0.3 is 12.0 Å². The molecular formula is C14H16F2N2O4. The Morgan fingerprint density at radius 3 is 2.59 bits per heavy atom. The van der Waals surface area contributed by atoms with Gasteiger partial charge < -0.3 is 10.1 Å². The third-order valence-electron chi connectivity index (χ3n) is 4.15. The van der Waals surface area contributed by atoms with Crippen LogP contribution < -0.4 is 5.32 Å². The Labute approximate surface area is 126 Å². The van der Waals surface area contributed by atoms with E-state index in [-0.39, 0.29) is 13.0 Å². The lowest BCUT2D eigenvalue weighted by atomic mass is 10.1. The molecule has 1 heterocycles. The summed E-state index contributed by atoms with van der Waals surface area (Å²) in [6.45, 7) is 2.87. The standard InChI is InChI=1S/C14H16F2N2O4/c1-4-5-8(18-7(19)6-17-13(18)21)22-12(20)10-9(11(15)16)14(10,2)3/h1,8-11H,5-6H2,2-3H3,(H,17,21). The van der Waals surface area contributed by atoms with Crippen molar-refractivity contribution in [2.24, 2.45) is 17.3 Å². The first kappa shape index (κ1) is 16.2. The van der Waals surface area contributed by atoms with E-state index in [4.69, 9.17) is 11.2 Å². The van der Waals surface area contributed by atoms with E-state index in [1.54, 1.807) is 13.8 Å². The van der Waals surface area contributed by atoms with Crippen molar-refractivity contribution in [2.75, 3.05) is 6.54 Å². The average Bonchev–Trinajstić information content (AvgIpc) is 2.84. The SMILES string of the molecule is C#CCC(OC(=O)C1C(C(F)F)C1(C)C)N1C(=O)CNC1=O. The lowest BCUT2D eigenvalue weighted by Gasteiger charge is -2.23. The Kier molecular flexibility index (Phi) is 4.09. The molecule has 1 N–H and O–H groups in total. The number of halogens is 2. The first-order chi connectivity index (χ1) is 10.2. The molecule has 120 valence electrons. The minimum Gasteiger partial charge on any atom is -0.440 e. The van der Waals surface area contributed by atoms with Gasteiger partial charge in [0.15, 0.2) is 6.23 Å². The number of ether oxygens (including phenoxy) is 1. The Balaban J connectivity index is 2.09. The van der Waals surface area contributed by atoms with Crippen molar-refractivity contribution in [1.82, 2.24) is 10.2 Å². The van der Waals surface area contributed by atoms with E-state index >= 15 is 0 Å². The summed E-state index contributed by atoms with van der Waals surface area (Å²) in [5, 5.41) is 2.28. The molecular weight excluding hydrogens is 298 g/mol. The monoisotopic (exact) mass is 314 g/mol. The average molecular weight is 314 g/mol. The molecule has 3 atom stereocenters. The fourth-order valence-electron chi connectivity index (χ4n) is 2.82. The van der Waals surface area contributed by atoms with Gasteiger partial charge in [0.25, 0.3) is 5.91 Å². The smallest absolute Gasteiger partial charge is 0.327 e. The maximum Gasteiger partial charge on any atom is 0.327 e. The zero-order chi connectivity index (χ0) is 16.7. The van der Waals surface area contributed by atoms with Crippen LogP contribution in [0, 0.1) is 29.6 Å². The van der Waals surface area contributed by atoms with Crippen molar-refractivity contribution in [3.05, 3.63) is 0 Å². The Morgan fingerprint density at radius 2 is 2.18 bits per heavy atom. The molecule has 0 aromatic heterocycles. The summed E-state index contributed by atoms with van der Waals surface area (Å²) in [7, 11) is 0. The minimum atomic E-state index is -2.64. The lowest BCUT2D eigenvalue weighted by Crippen LogP contribution is -2.43. The molecule has 0 aromatic rings. The normalized spacial score (nSPS) is 27.4. The number of nitrogens with zero attached hydrogens (tertiary/aromatic N) is 1. The third-order valence-corrected chi connectivity index (χ3v) is 4.15. The molecule has 3 amide bonds. The summed E-state index contributed by atoms with van der Waals surface area (Å²) in [5.74, 6) is -1.33. The molecule has 22 heavy (non-hydrogen) atoms. The molecule has 1 aliphatic heterocycles. The fraction of sp³-hybridized carbons (Fsp3) is 0.643. The second-order valence-electron chi connectivity index (χ2n) is 5.88. The number of terminal acetylenes is 1. The zero-order valence-electron chi connectivity index (χ0n) is 12.1. The molecule has 0 spiro atoms. The third kappa shape index (κ3) is 2.63. The van der Waals surface area contributed by atoms with Crippen molar-refractivity contribution in [2.45, 2.75) is 32.9 Å². The molecule has 1 saturated heterocycles. The van der Waals surface area contributed by atoms with E-state index in [2.05, 4.69) is 11.2 Å². The van der Waals surface area contributed by atoms with Crippen molar-refractivity contribution < 1.29 is 27.9 Å². The van der Waals surface area contributed by atoms with Gasteiger partial charge in [-0.2, -0.15) is 0 Å². The maximum atomic E-state index is 12.9. The number of urea groups is 1. The molecule has 1 aliphatic carbocycles. The molecule has 2 fully saturated rings. The van der Waals surface area contributed by atoms with Crippen LogP contribution in [0.4, 0.5) is 13.6 Å². The predicted octanol–water partition coefficient (Wildman–Crippen LogP) is 0.968. The van der Waals surface area contributed by atoms with Gasteiger partial charge in [-0.25, -0.2) is 18.5 Å². The van der Waals surface area contributed by atoms with Crippen LogP contribution >= 0.6 is 0 Å². The number of nitrogens with one attached hydrogen (secondary N) is 1. The Bertz CT molecular complexity index is 540. The molecule has 0 aromatic carbocycles. The molecule has 0 bridgehead atoms. The largest absolute Gasteiger partial charge is 0.440 e. The van der Waals surface area contributed by atoms with Crippen molar-refractivity contribution >= 4 is 17.9 Å². The predicted molar refractivity (Wildman–Crippen MR) is 70.3 cm³/mol. The van der Waals surface area contributed by atoms with Gasteiger partial charge in [-0.15, -0.1) is 12.3 Å². The number of amides is 3. The van der Waals surface area contributed by atoms with Crippen LogP contribution in [0.15, 0.2) is 0 Å². The van der Waals surface area contributed by atoms with E-state index in [1.807, 2.05) is 0 Å². The highest BCUT2D eigenvalue weighted by Gasteiger charge is 2.67. The van der Waals surface area contributed by atoms with E-state index in [0.717, 1.165) is 0 Å². The maximum absolute atomic E-state index is 12.9. The molecule has 0 radical (unpaired) electrons. The van der Waals surface area contributed by atoms with Crippen molar-refractivity contribution in [1.29, 1.82) is 0 Å².